The number of fused-ring (bicyclic) bond motifs is 1. The first-order chi connectivity index (χ1) is 11.8. The summed E-state index contributed by atoms with van der Waals surface area (Å²) < 4.78 is 32.4. The van der Waals surface area contributed by atoms with Crippen LogP contribution in [-0.4, -0.2) is 31.8 Å². The van der Waals surface area contributed by atoms with Crippen LogP contribution in [-0.2, 0) is 14.8 Å². The molecule has 0 radical (unpaired) electrons. The molecular formula is C16H15N3O5S. The topological polar surface area (TPSA) is 114 Å². The number of carbonyl (C=O) groups is 2. The van der Waals surface area contributed by atoms with Crippen molar-refractivity contribution in [3.05, 3.63) is 47.3 Å². The molecule has 2 N–H and O–H groups in total. The number of aromatic nitrogens is 1. The van der Waals surface area contributed by atoms with Gasteiger partial charge in [-0.15, -0.1) is 0 Å². The van der Waals surface area contributed by atoms with Crippen molar-refractivity contribution in [1.29, 1.82) is 0 Å². The van der Waals surface area contributed by atoms with E-state index in [9.17, 15) is 18.0 Å². The van der Waals surface area contributed by atoms with Crippen LogP contribution in [0.5, 0.6) is 5.75 Å². The van der Waals surface area contributed by atoms with Crippen molar-refractivity contribution in [1.82, 2.24) is 9.71 Å². The second-order valence-corrected chi connectivity index (χ2v) is 7.29. The number of hydrogen-bond donors (Lipinski definition) is 2. The van der Waals surface area contributed by atoms with Crippen LogP contribution in [0.1, 0.15) is 21.5 Å². The molecule has 1 aliphatic rings. The van der Waals surface area contributed by atoms with Gasteiger partial charge in [0.1, 0.15) is 5.75 Å². The standard InChI is InChI=1S/C16H15N3O5S/c1-9-3-11(7-17-6-9)16(21)19-25(22,23)14-5-13-12(4-10(14)2)18-15(20)8-24-13/h3-7H,8H2,1-2H3,(H,18,20)(H,19,21). The predicted octanol–water partition coefficient (Wildman–Crippen LogP) is 1.15. The van der Waals surface area contributed by atoms with Gasteiger partial charge in [-0.2, -0.15) is 0 Å². The first-order valence-corrected chi connectivity index (χ1v) is 8.81. The number of anilines is 1. The lowest BCUT2D eigenvalue weighted by molar-refractivity contribution is -0.118. The molecule has 2 heterocycles. The van der Waals surface area contributed by atoms with Gasteiger partial charge in [0.15, 0.2) is 6.61 Å². The zero-order valence-electron chi connectivity index (χ0n) is 13.5. The first-order valence-electron chi connectivity index (χ1n) is 7.32. The fraction of sp³-hybridized carbons (Fsp3) is 0.188. The third kappa shape index (κ3) is 3.45. The lowest BCUT2D eigenvalue weighted by Crippen LogP contribution is -2.32. The quantitative estimate of drug-likeness (QED) is 0.847. The first kappa shape index (κ1) is 16.9. The average molecular weight is 361 g/mol. The van der Waals surface area contributed by atoms with Crippen LogP contribution < -0.4 is 14.8 Å². The maximum atomic E-state index is 12.6. The minimum atomic E-state index is -4.12. The summed E-state index contributed by atoms with van der Waals surface area (Å²) in [4.78, 5) is 27.3. The fourth-order valence-electron chi connectivity index (χ4n) is 2.42. The van der Waals surface area contributed by atoms with E-state index in [1.807, 2.05) is 4.72 Å². The molecule has 0 aliphatic carbocycles. The molecule has 2 amide bonds. The SMILES string of the molecule is Cc1cncc(C(=O)NS(=O)(=O)c2cc3c(cc2C)NC(=O)CO3)c1. The van der Waals surface area contributed by atoms with E-state index >= 15 is 0 Å². The number of sulfonamides is 1. The zero-order valence-corrected chi connectivity index (χ0v) is 14.3. The smallest absolute Gasteiger partial charge is 0.266 e. The highest BCUT2D eigenvalue weighted by Gasteiger charge is 2.25. The van der Waals surface area contributed by atoms with E-state index in [0.717, 1.165) is 5.56 Å². The molecular weight excluding hydrogens is 346 g/mol. The Bertz CT molecular complexity index is 985. The van der Waals surface area contributed by atoms with Crippen LogP contribution in [0.2, 0.25) is 0 Å². The highest BCUT2D eigenvalue weighted by molar-refractivity contribution is 7.90. The normalized spacial score (nSPS) is 13.4. The van der Waals surface area contributed by atoms with E-state index in [4.69, 9.17) is 4.74 Å². The van der Waals surface area contributed by atoms with Crippen molar-refractivity contribution in [3.8, 4) is 5.75 Å². The monoisotopic (exact) mass is 361 g/mol. The second-order valence-electron chi connectivity index (χ2n) is 5.64. The number of nitrogens with zero attached hydrogens (tertiary/aromatic N) is 1. The Kier molecular flexibility index (Phi) is 4.17. The summed E-state index contributed by atoms with van der Waals surface area (Å²) in [5.74, 6) is -0.861. The summed E-state index contributed by atoms with van der Waals surface area (Å²) in [5.41, 5.74) is 1.64. The third-order valence-electron chi connectivity index (χ3n) is 3.56. The second kappa shape index (κ2) is 6.17. The Labute approximate surface area is 144 Å². The number of nitrogens with one attached hydrogen (secondary N) is 2. The van der Waals surface area contributed by atoms with Gasteiger partial charge in [-0.1, -0.05) is 0 Å². The number of aryl methyl sites for hydroxylation is 2. The largest absolute Gasteiger partial charge is 0.482 e. The van der Waals surface area contributed by atoms with Crippen LogP contribution >= 0.6 is 0 Å². The minimum absolute atomic E-state index is 0.101. The maximum Gasteiger partial charge on any atom is 0.266 e. The molecule has 1 aliphatic heterocycles. The number of ether oxygens (including phenoxy) is 1. The number of carbonyl (C=O) groups excluding carboxylic acids is 2. The predicted molar refractivity (Wildman–Crippen MR) is 88.9 cm³/mol. The van der Waals surface area contributed by atoms with Gasteiger partial charge in [-0.3, -0.25) is 14.6 Å². The molecule has 1 aromatic heterocycles. The molecule has 0 saturated carbocycles. The Hall–Kier alpha value is -2.94. The van der Waals surface area contributed by atoms with Crippen LogP contribution in [0, 0.1) is 13.8 Å². The number of amides is 2. The van der Waals surface area contributed by atoms with E-state index in [1.165, 1.54) is 24.4 Å². The third-order valence-corrected chi connectivity index (χ3v) is 5.04. The van der Waals surface area contributed by atoms with Crippen molar-refractivity contribution in [2.24, 2.45) is 0 Å². The lowest BCUT2D eigenvalue weighted by Gasteiger charge is -2.20. The summed E-state index contributed by atoms with van der Waals surface area (Å²) in [5, 5.41) is 2.60. The van der Waals surface area contributed by atoms with Gasteiger partial charge in [-0.05, 0) is 37.1 Å². The van der Waals surface area contributed by atoms with Crippen molar-refractivity contribution >= 4 is 27.5 Å². The van der Waals surface area contributed by atoms with E-state index in [0.29, 0.717) is 11.3 Å². The molecule has 0 spiro atoms. The summed E-state index contributed by atoms with van der Waals surface area (Å²) in [6.07, 6.45) is 2.85. The van der Waals surface area contributed by atoms with Crippen molar-refractivity contribution < 1.29 is 22.7 Å². The van der Waals surface area contributed by atoms with Crippen molar-refractivity contribution in [2.75, 3.05) is 11.9 Å². The van der Waals surface area contributed by atoms with E-state index < -0.39 is 15.9 Å². The molecule has 0 unspecified atom stereocenters. The Morgan fingerprint density at radius 2 is 2.00 bits per heavy atom. The van der Waals surface area contributed by atoms with Gasteiger partial charge >= 0.3 is 0 Å². The van der Waals surface area contributed by atoms with Crippen LogP contribution in [0.4, 0.5) is 5.69 Å². The van der Waals surface area contributed by atoms with Crippen LogP contribution in [0.3, 0.4) is 0 Å². The number of rotatable bonds is 3. The minimum Gasteiger partial charge on any atom is -0.482 e. The average Bonchev–Trinajstić information content (AvgIpc) is 2.53. The van der Waals surface area contributed by atoms with Crippen LogP contribution in [0.25, 0.3) is 0 Å². The van der Waals surface area contributed by atoms with E-state index in [1.54, 1.807) is 20.0 Å². The summed E-state index contributed by atoms with van der Waals surface area (Å²) >= 11 is 0. The Morgan fingerprint density at radius 3 is 2.72 bits per heavy atom. The summed E-state index contributed by atoms with van der Waals surface area (Å²) in [7, 11) is -4.12. The molecule has 8 nitrogen and oxygen atoms in total. The molecule has 0 saturated heterocycles. The number of pyridine rings is 1. The van der Waals surface area contributed by atoms with Gasteiger partial charge in [0.25, 0.3) is 21.8 Å². The molecule has 25 heavy (non-hydrogen) atoms. The molecule has 2 aromatic rings. The van der Waals surface area contributed by atoms with Gasteiger partial charge in [0.2, 0.25) is 0 Å². The van der Waals surface area contributed by atoms with Crippen molar-refractivity contribution in [2.45, 2.75) is 18.7 Å². The molecule has 3 rings (SSSR count). The van der Waals surface area contributed by atoms with Crippen LogP contribution in [0.15, 0.2) is 35.5 Å². The van der Waals surface area contributed by atoms with Gasteiger partial charge < -0.3 is 10.1 Å². The molecule has 0 fully saturated rings. The maximum absolute atomic E-state index is 12.6. The van der Waals surface area contributed by atoms with Gasteiger partial charge in [0, 0.05) is 18.5 Å². The van der Waals surface area contributed by atoms with Gasteiger partial charge in [0.05, 0.1) is 16.1 Å². The molecule has 130 valence electrons. The summed E-state index contributed by atoms with van der Waals surface area (Å²) in [6.45, 7) is 3.11. The van der Waals surface area contributed by atoms with E-state index in [2.05, 4.69) is 10.3 Å². The van der Waals surface area contributed by atoms with Crippen molar-refractivity contribution in [3.63, 3.8) is 0 Å². The van der Waals surface area contributed by atoms with Gasteiger partial charge in [-0.25, -0.2) is 13.1 Å². The Morgan fingerprint density at radius 1 is 1.24 bits per heavy atom. The highest BCUT2D eigenvalue weighted by Crippen LogP contribution is 2.32. The number of hydrogen-bond acceptors (Lipinski definition) is 6. The molecule has 1 aromatic carbocycles. The number of benzene rings is 1. The zero-order chi connectivity index (χ0) is 18.2. The molecule has 0 bridgehead atoms. The summed E-state index contributed by atoms with van der Waals surface area (Å²) in [6, 6.07) is 4.31. The lowest BCUT2D eigenvalue weighted by atomic mass is 10.2. The molecule has 0 atom stereocenters. The fourth-order valence-corrected chi connectivity index (χ4v) is 3.64. The van der Waals surface area contributed by atoms with E-state index in [-0.39, 0.29) is 28.7 Å². The Balaban J connectivity index is 1.92. The highest BCUT2D eigenvalue weighted by atomic mass is 32.2. The molecule has 9 heteroatoms.